The van der Waals surface area contributed by atoms with E-state index >= 15 is 0 Å². The Morgan fingerprint density at radius 1 is 1.05 bits per heavy atom. The minimum absolute atomic E-state index is 0.689. The van der Waals surface area contributed by atoms with Gasteiger partial charge in [-0.1, -0.05) is 18.2 Å². The topological polar surface area (TPSA) is 40.2 Å². The third kappa shape index (κ3) is 3.22. The summed E-state index contributed by atoms with van der Waals surface area (Å²) in [6, 6.07) is 15.9. The van der Waals surface area contributed by atoms with Gasteiger partial charge in [-0.2, -0.15) is 0 Å². The van der Waals surface area contributed by atoms with E-state index < -0.39 is 0 Å². The van der Waals surface area contributed by atoms with E-state index in [9.17, 15) is 0 Å². The number of aromatic nitrogens is 1. The van der Waals surface area contributed by atoms with Crippen molar-refractivity contribution in [3.8, 4) is 5.75 Å². The number of rotatable bonds is 5. The van der Waals surface area contributed by atoms with Gasteiger partial charge < -0.3 is 15.0 Å². The number of anilines is 1. The fourth-order valence-electron chi connectivity index (χ4n) is 2.38. The minimum atomic E-state index is 0.689. The molecule has 0 unspecified atom stereocenters. The van der Waals surface area contributed by atoms with Gasteiger partial charge in [0.25, 0.3) is 0 Å². The van der Waals surface area contributed by atoms with E-state index in [-0.39, 0.29) is 0 Å². The number of nitrogens with two attached hydrogens (primary N) is 1. The van der Waals surface area contributed by atoms with E-state index in [1.54, 1.807) is 0 Å². The first-order valence-corrected chi connectivity index (χ1v) is 7.75. The van der Waals surface area contributed by atoms with Crippen molar-refractivity contribution in [1.29, 1.82) is 0 Å². The van der Waals surface area contributed by atoms with E-state index in [0.717, 1.165) is 28.9 Å². The summed E-state index contributed by atoms with van der Waals surface area (Å²) in [7, 11) is 0. The summed E-state index contributed by atoms with van der Waals surface area (Å²) in [6.45, 7) is 1.62. The molecule has 0 atom stereocenters. The Labute approximate surface area is 132 Å². The van der Waals surface area contributed by atoms with Gasteiger partial charge in [-0.3, -0.25) is 0 Å². The van der Waals surface area contributed by atoms with Gasteiger partial charge in [-0.05, 0) is 52.7 Å². The molecule has 108 valence electrons. The molecule has 0 aliphatic rings. The molecule has 3 nitrogen and oxygen atoms in total. The molecule has 0 aliphatic heterocycles. The maximum Gasteiger partial charge on any atom is 0.119 e. The highest BCUT2D eigenvalue weighted by atomic mass is 79.9. The zero-order valence-electron chi connectivity index (χ0n) is 11.6. The predicted octanol–water partition coefficient (Wildman–Crippen LogP) is 4.46. The standard InChI is InChI=1S/C17H17BrN2O/c18-16-12-20(17-5-2-1-4-15(16)17)10-3-11-21-14-8-6-13(19)7-9-14/h1-2,4-9,12H,3,10-11,19H2. The Morgan fingerprint density at radius 2 is 1.81 bits per heavy atom. The third-order valence-corrected chi connectivity index (χ3v) is 4.06. The van der Waals surface area contributed by atoms with Gasteiger partial charge in [-0.15, -0.1) is 0 Å². The molecular formula is C17H17BrN2O. The summed E-state index contributed by atoms with van der Waals surface area (Å²) in [5, 5.41) is 1.25. The zero-order valence-corrected chi connectivity index (χ0v) is 13.2. The number of hydrogen-bond donors (Lipinski definition) is 1. The van der Waals surface area contributed by atoms with Gasteiger partial charge in [-0.25, -0.2) is 0 Å². The SMILES string of the molecule is Nc1ccc(OCCCn2cc(Br)c3ccccc32)cc1. The quantitative estimate of drug-likeness (QED) is 0.548. The Bertz CT molecular complexity index is 734. The van der Waals surface area contributed by atoms with E-state index in [1.807, 2.05) is 24.3 Å². The van der Waals surface area contributed by atoms with Crippen molar-refractivity contribution in [3.05, 3.63) is 59.2 Å². The Hall–Kier alpha value is -1.94. The molecule has 0 spiro atoms. The van der Waals surface area contributed by atoms with Crippen LogP contribution in [0.1, 0.15) is 6.42 Å². The van der Waals surface area contributed by atoms with Gasteiger partial charge in [0.05, 0.1) is 6.61 Å². The smallest absolute Gasteiger partial charge is 0.119 e. The van der Waals surface area contributed by atoms with Gasteiger partial charge in [0.1, 0.15) is 5.75 Å². The Morgan fingerprint density at radius 3 is 2.62 bits per heavy atom. The van der Waals surface area contributed by atoms with Crippen LogP contribution >= 0.6 is 15.9 Å². The summed E-state index contributed by atoms with van der Waals surface area (Å²) in [5.74, 6) is 0.864. The lowest BCUT2D eigenvalue weighted by atomic mass is 10.2. The first-order chi connectivity index (χ1) is 10.2. The molecule has 4 heteroatoms. The Kier molecular flexibility index (Phi) is 4.15. The molecule has 0 saturated heterocycles. The van der Waals surface area contributed by atoms with Crippen molar-refractivity contribution < 1.29 is 4.74 Å². The van der Waals surface area contributed by atoms with Crippen LogP contribution in [0.4, 0.5) is 5.69 Å². The molecule has 21 heavy (non-hydrogen) atoms. The first kappa shape index (κ1) is 14.0. The summed E-state index contributed by atoms with van der Waals surface area (Å²) in [6.07, 6.45) is 3.09. The fourth-order valence-corrected chi connectivity index (χ4v) is 2.96. The van der Waals surface area contributed by atoms with Gasteiger partial charge >= 0.3 is 0 Å². The predicted molar refractivity (Wildman–Crippen MR) is 90.6 cm³/mol. The van der Waals surface area contributed by atoms with Gasteiger partial charge in [0.2, 0.25) is 0 Å². The average molecular weight is 345 g/mol. The molecule has 1 heterocycles. The molecule has 3 aromatic rings. The molecule has 0 aliphatic carbocycles. The summed E-state index contributed by atoms with van der Waals surface area (Å²) < 4.78 is 9.11. The lowest BCUT2D eigenvalue weighted by molar-refractivity contribution is 0.302. The minimum Gasteiger partial charge on any atom is -0.494 e. The number of benzene rings is 2. The maximum atomic E-state index is 5.72. The number of nitrogens with zero attached hydrogens (tertiary/aromatic N) is 1. The molecule has 2 N–H and O–H groups in total. The van der Waals surface area contributed by atoms with E-state index in [1.165, 1.54) is 10.9 Å². The molecule has 0 saturated carbocycles. The normalized spacial score (nSPS) is 10.9. The number of fused-ring (bicyclic) bond motifs is 1. The molecule has 3 rings (SSSR count). The number of halogens is 1. The first-order valence-electron chi connectivity index (χ1n) is 6.96. The van der Waals surface area contributed by atoms with Crippen molar-refractivity contribution in [2.75, 3.05) is 12.3 Å². The maximum absolute atomic E-state index is 5.72. The van der Waals surface area contributed by atoms with Gasteiger partial charge in [0.15, 0.2) is 0 Å². The highest BCUT2D eigenvalue weighted by Gasteiger charge is 2.05. The average Bonchev–Trinajstić information content (AvgIpc) is 2.83. The lowest BCUT2D eigenvalue weighted by Gasteiger charge is -2.08. The number of nitrogen functional groups attached to an aromatic ring is 1. The molecule has 0 amide bonds. The van der Waals surface area contributed by atoms with Crippen LogP contribution < -0.4 is 10.5 Å². The van der Waals surface area contributed by atoms with Crippen LogP contribution in [0.15, 0.2) is 59.2 Å². The molecule has 0 fully saturated rings. The fraction of sp³-hybridized carbons (Fsp3) is 0.176. The number of hydrogen-bond acceptors (Lipinski definition) is 2. The third-order valence-electron chi connectivity index (χ3n) is 3.43. The number of ether oxygens (including phenoxy) is 1. The molecular weight excluding hydrogens is 328 g/mol. The van der Waals surface area contributed by atoms with E-state index in [2.05, 4.69) is 51.0 Å². The second kappa shape index (κ2) is 6.22. The van der Waals surface area contributed by atoms with Crippen LogP contribution in [-0.2, 0) is 6.54 Å². The van der Waals surface area contributed by atoms with Crippen LogP contribution in [0, 0.1) is 0 Å². The highest BCUT2D eigenvalue weighted by molar-refractivity contribution is 9.10. The molecule has 1 aromatic heterocycles. The van der Waals surface area contributed by atoms with E-state index in [0.29, 0.717) is 6.61 Å². The van der Waals surface area contributed by atoms with Crippen molar-refractivity contribution in [1.82, 2.24) is 4.57 Å². The summed E-state index contributed by atoms with van der Waals surface area (Å²) >= 11 is 3.61. The van der Waals surface area contributed by atoms with Crippen molar-refractivity contribution in [2.24, 2.45) is 0 Å². The van der Waals surface area contributed by atoms with Crippen LogP contribution in [0.2, 0.25) is 0 Å². The van der Waals surface area contributed by atoms with E-state index in [4.69, 9.17) is 10.5 Å². The summed E-state index contributed by atoms with van der Waals surface area (Å²) in [4.78, 5) is 0. The monoisotopic (exact) mass is 344 g/mol. The van der Waals surface area contributed by atoms with Crippen LogP contribution in [-0.4, -0.2) is 11.2 Å². The second-order valence-corrected chi connectivity index (χ2v) is 5.81. The molecule has 0 radical (unpaired) electrons. The zero-order chi connectivity index (χ0) is 14.7. The van der Waals surface area contributed by atoms with Crippen molar-refractivity contribution in [2.45, 2.75) is 13.0 Å². The van der Waals surface area contributed by atoms with Crippen molar-refractivity contribution >= 4 is 32.5 Å². The van der Waals surface area contributed by atoms with Crippen LogP contribution in [0.3, 0.4) is 0 Å². The second-order valence-electron chi connectivity index (χ2n) is 4.96. The van der Waals surface area contributed by atoms with Crippen LogP contribution in [0.25, 0.3) is 10.9 Å². The van der Waals surface area contributed by atoms with Gasteiger partial charge in [0, 0.05) is 33.8 Å². The largest absolute Gasteiger partial charge is 0.494 e. The van der Waals surface area contributed by atoms with Crippen molar-refractivity contribution in [3.63, 3.8) is 0 Å². The van der Waals surface area contributed by atoms with Crippen LogP contribution in [0.5, 0.6) is 5.75 Å². The Balaban J connectivity index is 1.58. The lowest BCUT2D eigenvalue weighted by Crippen LogP contribution is -2.03. The molecule has 0 bridgehead atoms. The highest BCUT2D eigenvalue weighted by Crippen LogP contribution is 2.26. The summed E-state index contributed by atoms with van der Waals surface area (Å²) in [5.41, 5.74) is 7.65. The number of aryl methyl sites for hydroxylation is 1. The number of para-hydroxylation sites is 1. The molecule has 2 aromatic carbocycles.